The highest BCUT2D eigenvalue weighted by molar-refractivity contribution is 14.1. The average Bonchev–Trinajstić information content (AvgIpc) is 1.63. The van der Waals surface area contributed by atoms with Crippen LogP contribution >= 0.6 is 22.9 Å². The molecule has 0 saturated carbocycles. The van der Waals surface area contributed by atoms with Crippen LogP contribution in [-0.2, 0) is 9.53 Å². The van der Waals surface area contributed by atoms with Crippen LogP contribution in [0.3, 0.4) is 0 Å². The smallest absolute Gasteiger partial charge is 0.302 e. The second-order valence-corrected chi connectivity index (χ2v) is 3.32. The van der Waals surface area contributed by atoms with Gasteiger partial charge in [-0.15, -0.1) is 0 Å². The molecule has 0 rings (SSSR count). The summed E-state index contributed by atoms with van der Waals surface area (Å²) in [5.74, 6) is -0.215. The Morgan fingerprint density at radius 1 is 1.78 bits per heavy atom. The molecule has 0 aliphatic carbocycles. The Balaban J connectivity index is 3.01. The molecule has 54 valence electrons. The first-order valence-electron chi connectivity index (χ1n) is 2.63. The third-order valence-corrected chi connectivity index (χ3v) is 1.19. The van der Waals surface area contributed by atoms with Gasteiger partial charge in [0.25, 0.3) is 0 Å². The molecule has 0 heterocycles. The van der Waals surface area contributed by atoms with Crippen molar-refractivity contribution in [3.8, 4) is 0 Å². The minimum absolute atomic E-state index is 0.215. The standard InChI is InChI=1S/C5H10INO2/c1-5(8)9-4-3-7(2)6/h3-4H2,1-2H3. The maximum atomic E-state index is 10.2. The number of nitrogens with zero attached hydrogens (tertiary/aromatic N) is 1. The fourth-order valence-corrected chi connectivity index (χ4v) is 0.512. The summed E-state index contributed by atoms with van der Waals surface area (Å²) < 4.78 is 6.60. The predicted octanol–water partition coefficient (Wildman–Crippen LogP) is 0.831. The zero-order valence-electron chi connectivity index (χ0n) is 5.56. The molecular formula is C5H10INO2. The van der Waals surface area contributed by atoms with Crippen molar-refractivity contribution in [1.82, 2.24) is 3.11 Å². The molecule has 9 heavy (non-hydrogen) atoms. The van der Waals surface area contributed by atoms with Gasteiger partial charge in [-0.2, -0.15) is 0 Å². The van der Waals surface area contributed by atoms with Gasteiger partial charge in [-0.3, -0.25) is 4.79 Å². The number of halogens is 1. The second kappa shape index (κ2) is 4.99. The van der Waals surface area contributed by atoms with Gasteiger partial charge in [-0.25, -0.2) is 3.11 Å². The van der Waals surface area contributed by atoms with Crippen LogP contribution in [-0.4, -0.2) is 29.3 Å². The highest BCUT2D eigenvalue weighted by Crippen LogP contribution is 1.90. The number of likely N-dealkylation sites (N-methyl/N-ethyl adjacent to an activating group) is 1. The summed E-state index contributed by atoms with van der Waals surface area (Å²) in [7, 11) is 1.92. The van der Waals surface area contributed by atoms with Crippen molar-refractivity contribution in [2.75, 3.05) is 20.2 Å². The Kier molecular flexibility index (Phi) is 5.07. The van der Waals surface area contributed by atoms with E-state index in [4.69, 9.17) is 0 Å². The fourth-order valence-electron chi connectivity index (χ4n) is 0.315. The first-order chi connectivity index (χ1) is 4.13. The zero-order valence-corrected chi connectivity index (χ0v) is 7.71. The summed E-state index contributed by atoms with van der Waals surface area (Å²) >= 11 is 2.13. The molecule has 0 aliphatic heterocycles. The van der Waals surface area contributed by atoms with Crippen molar-refractivity contribution in [1.29, 1.82) is 0 Å². The molecule has 0 unspecified atom stereocenters. The topological polar surface area (TPSA) is 29.5 Å². The first kappa shape index (κ1) is 9.16. The maximum Gasteiger partial charge on any atom is 0.302 e. The lowest BCUT2D eigenvalue weighted by Crippen LogP contribution is -2.14. The number of hydrogen-bond donors (Lipinski definition) is 0. The number of carbonyl (C=O) groups excluding carboxylic acids is 1. The molecule has 0 atom stereocenters. The molecule has 0 aromatic rings. The van der Waals surface area contributed by atoms with Crippen LogP contribution in [0.2, 0.25) is 0 Å². The number of rotatable bonds is 3. The maximum absolute atomic E-state index is 10.2. The van der Waals surface area contributed by atoms with Crippen LogP contribution < -0.4 is 0 Å². The van der Waals surface area contributed by atoms with E-state index in [9.17, 15) is 4.79 Å². The number of esters is 1. The van der Waals surface area contributed by atoms with E-state index in [2.05, 4.69) is 27.6 Å². The van der Waals surface area contributed by atoms with E-state index in [1.165, 1.54) is 6.92 Å². The van der Waals surface area contributed by atoms with Gasteiger partial charge in [0.05, 0.1) is 0 Å². The third-order valence-electron chi connectivity index (χ3n) is 0.705. The van der Waals surface area contributed by atoms with Crippen molar-refractivity contribution in [2.24, 2.45) is 0 Å². The van der Waals surface area contributed by atoms with Crippen LogP contribution in [0.4, 0.5) is 0 Å². The summed E-state index contributed by atoms with van der Waals surface area (Å²) in [5, 5.41) is 0. The van der Waals surface area contributed by atoms with Gasteiger partial charge in [0.1, 0.15) is 6.61 Å². The third kappa shape index (κ3) is 8.16. The molecule has 0 saturated heterocycles. The molecule has 0 N–H and O–H groups in total. The molecule has 0 amide bonds. The molecule has 0 aromatic heterocycles. The molecule has 0 aromatic carbocycles. The molecule has 0 radical (unpaired) electrons. The Morgan fingerprint density at radius 3 is 2.67 bits per heavy atom. The number of hydrogen-bond acceptors (Lipinski definition) is 3. The lowest BCUT2D eigenvalue weighted by Gasteiger charge is -2.05. The van der Waals surface area contributed by atoms with Crippen molar-refractivity contribution in [3.63, 3.8) is 0 Å². The van der Waals surface area contributed by atoms with Crippen LogP contribution in [0, 0.1) is 0 Å². The Hall–Kier alpha value is 0.160. The summed E-state index contributed by atoms with van der Waals surface area (Å²) in [5.41, 5.74) is 0. The SMILES string of the molecule is CC(=O)OCCN(C)I. The molecule has 0 spiro atoms. The van der Waals surface area contributed by atoms with Gasteiger partial charge in [-0.1, -0.05) is 0 Å². The normalized spacial score (nSPS) is 9.78. The van der Waals surface area contributed by atoms with Crippen molar-refractivity contribution < 1.29 is 9.53 Å². The number of ether oxygens (including phenoxy) is 1. The van der Waals surface area contributed by atoms with Gasteiger partial charge in [-0.05, 0) is 7.05 Å². The molecule has 0 bridgehead atoms. The molecule has 0 fully saturated rings. The van der Waals surface area contributed by atoms with Gasteiger partial charge < -0.3 is 4.74 Å². The summed E-state index contributed by atoms with van der Waals surface area (Å²) in [6.07, 6.45) is 0. The van der Waals surface area contributed by atoms with Crippen LogP contribution in [0.5, 0.6) is 0 Å². The Labute approximate surface area is 68.9 Å². The first-order valence-corrected chi connectivity index (χ1v) is 3.59. The Bertz CT molecular complexity index is 95.0. The fraction of sp³-hybridized carbons (Fsp3) is 0.800. The summed E-state index contributed by atoms with van der Waals surface area (Å²) in [4.78, 5) is 10.2. The van der Waals surface area contributed by atoms with Crippen LogP contribution in [0.1, 0.15) is 6.92 Å². The van der Waals surface area contributed by atoms with E-state index in [1.807, 2.05) is 10.2 Å². The van der Waals surface area contributed by atoms with Gasteiger partial charge in [0, 0.05) is 36.3 Å². The van der Waals surface area contributed by atoms with E-state index < -0.39 is 0 Å². The monoisotopic (exact) mass is 243 g/mol. The molecule has 0 aliphatic rings. The van der Waals surface area contributed by atoms with Gasteiger partial charge in [0.2, 0.25) is 0 Å². The zero-order chi connectivity index (χ0) is 7.28. The van der Waals surface area contributed by atoms with E-state index in [-0.39, 0.29) is 5.97 Å². The largest absolute Gasteiger partial charge is 0.464 e. The van der Waals surface area contributed by atoms with E-state index in [0.29, 0.717) is 6.61 Å². The quantitative estimate of drug-likeness (QED) is 0.417. The second-order valence-electron chi connectivity index (χ2n) is 1.67. The molecular weight excluding hydrogens is 233 g/mol. The van der Waals surface area contributed by atoms with Gasteiger partial charge in [0.15, 0.2) is 0 Å². The van der Waals surface area contributed by atoms with E-state index in [0.717, 1.165) is 6.54 Å². The minimum Gasteiger partial charge on any atom is -0.464 e. The van der Waals surface area contributed by atoms with Crippen molar-refractivity contribution in [3.05, 3.63) is 0 Å². The van der Waals surface area contributed by atoms with Crippen LogP contribution in [0.15, 0.2) is 0 Å². The van der Waals surface area contributed by atoms with Gasteiger partial charge >= 0.3 is 5.97 Å². The van der Waals surface area contributed by atoms with Crippen molar-refractivity contribution in [2.45, 2.75) is 6.92 Å². The lowest BCUT2D eigenvalue weighted by molar-refractivity contribution is -0.140. The van der Waals surface area contributed by atoms with Crippen LogP contribution in [0.25, 0.3) is 0 Å². The number of carbonyl (C=O) groups is 1. The summed E-state index contributed by atoms with van der Waals surface area (Å²) in [6, 6.07) is 0. The van der Waals surface area contributed by atoms with Crippen molar-refractivity contribution >= 4 is 28.8 Å². The lowest BCUT2D eigenvalue weighted by atomic mass is 10.7. The highest BCUT2D eigenvalue weighted by Gasteiger charge is 1.93. The highest BCUT2D eigenvalue weighted by atomic mass is 127. The minimum atomic E-state index is -0.215. The Morgan fingerprint density at radius 2 is 2.33 bits per heavy atom. The van der Waals surface area contributed by atoms with E-state index >= 15 is 0 Å². The summed E-state index contributed by atoms with van der Waals surface area (Å²) in [6.45, 7) is 2.67. The molecule has 3 nitrogen and oxygen atoms in total. The average molecular weight is 243 g/mol. The predicted molar refractivity (Wildman–Crippen MR) is 43.3 cm³/mol. The molecule has 4 heteroatoms. The van der Waals surface area contributed by atoms with E-state index in [1.54, 1.807) is 0 Å².